The molecule has 0 radical (unpaired) electrons. The van der Waals surface area contributed by atoms with E-state index in [9.17, 15) is 4.79 Å². The van der Waals surface area contributed by atoms with Crippen molar-refractivity contribution in [1.29, 1.82) is 0 Å². The molecular weight excluding hydrogens is 274 g/mol. The van der Waals surface area contributed by atoms with E-state index in [0.717, 1.165) is 22.7 Å². The fourth-order valence-corrected chi connectivity index (χ4v) is 2.99. The first-order chi connectivity index (χ1) is 9.47. The maximum Gasteiger partial charge on any atom is 0.277 e. The largest absolute Gasteiger partial charge is 0.395 e. The summed E-state index contributed by atoms with van der Waals surface area (Å²) in [6, 6.07) is 0. The van der Waals surface area contributed by atoms with Gasteiger partial charge in [-0.05, 0) is 19.8 Å². The van der Waals surface area contributed by atoms with Crippen LogP contribution < -0.4 is 11.1 Å². The number of carbonyl (C=O) groups is 1. The molecule has 0 bridgehead atoms. The molecule has 0 aromatic carbocycles. The smallest absolute Gasteiger partial charge is 0.277 e. The standard InChI is InChI=1S/C13H19N5OS/c1-5-8-7(3)20-13(15-8)16-12(19)11-10(14)9(6-2)17-18(11)4/h5-6,14H2,1-4H3,(H,15,16,19). The molecule has 0 saturated heterocycles. The fourth-order valence-electron chi connectivity index (χ4n) is 2.09. The predicted octanol–water partition coefficient (Wildman–Crippen LogP) is 2.14. The summed E-state index contributed by atoms with van der Waals surface area (Å²) < 4.78 is 1.52. The molecule has 0 aliphatic rings. The van der Waals surface area contributed by atoms with Gasteiger partial charge in [0.15, 0.2) is 5.13 Å². The fraction of sp³-hybridized carbons (Fsp3) is 0.462. The SMILES string of the molecule is CCc1nc(NC(=O)c2c(N)c(CC)nn2C)sc1C. The maximum atomic E-state index is 12.3. The lowest BCUT2D eigenvalue weighted by atomic mass is 10.2. The molecular formula is C13H19N5OS. The minimum atomic E-state index is -0.270. The van der Waals surface area contributed by atoms with Crippen molar-refractivity contribution in [3.05, 3.63) is 22.0 Å². The Morgan fingerprint density at radius 3 is 2.50 bits per heavy atom. The summed E-state index contributed by atoms with van der Waals surface area (Å²) in [5.74, 6) is -0.270. The van der Waals surface area contributed by atoms with Crippen LogP contribution in [0.25, 0.3) is 0 Å². The summed E-state index contributed by atoms with van der Waals surface area (Å²) in [5.41, 5.74) is 8.54. The number of aromatic nitrogens is 3. The Bertz CT molecular complexity index is 643. The lowest BCUT2D eigenvalue weighted by Gasteiger charge is -2.03. The molecule has 2 heterocycles. The zero-order valence-electron chi connectivity index (χ0n) is 12.1. The first-order valence-electron chi connectivity index (χ1n) is 6.56. The van der Waals surface area contributed by atoms with E-state index < -0.39 is 0 Å². The van der Waals surface area contributed by atoms with Gasteiger partial charge in [0.25, 0.3) is 5.91 Å². The first kappa shape index (κ1) is 14.5. The molecule has 6 nitrogen and oxygen atoms in total. The van der Waals surface area contributed by atoms with E-state index in [-0.39, 0.29) is 5.91 Å². The van der Waals surface area contributed by atoms with Crippen molar-refractivity contribution in [1.82, 2.24) is 14.8 Å². The second-order valence-corrected chi connectivity index (χ2v) is 5.72. The van der Waals surface area contributed by atoms with Crippen molar-refractivity contribution in [2.24, 2.45) is 7.05 Å². The highest BCUT2D eigenvalue weighted by Crippen LogP contribution is 2.24. The molecule has 0 aliphatic carbocycles. The van der Waals surface area contributed by atoms with Gasteiger partial charge in [-0.3, -0.25) is 14.8 Å². The van der Waals surface area contributed by atoms with Gasteiger partial charge in [-0.2, -0.15) is 5.10 Å². The van der Waals surface area contributed by atoms with Gasteiger partial charge in [-0.15, -0.1) is 11.3 Å². The molecule has 1 amide bonds. The van der Waals surface area contributed by atoms with Crippen molar-refractivity contribution in [2.45, 2.75) is 33.6 Å². The Morgan fingerprint density at radius 1 is 1.35 bits per heavy atom. The third-order valence-corrected chi connectivity index (χ3v) is 4.09. The summed E-state index contributed by atoms with van der Waals surface area (Å²) in [7, 11) is 1.72. The molecule has 0 fully saturated rings. The number of thiazole rings is 1. The average molecular weight is 293 g/mol. The number of nitrogen functional groups attached to an aromatic ring is 1. The number of rotatable bonds is 4. The summed E-state index contributed by atoms with van der Waals surface area (Å²) in [6.07, 6.45) is 1.55. The van der Waals surface area contributed by atoms with Crippen LogP contribution in [0.5, 0.6) is 0 Å². The zero-order chi connectivity index (χ0) is 14.9. The topological polar surface area (TPSA) is 85.8 Å². The van der Waals surface area contributed by atoms with E-state index in [1.54, 1.807) is 7.05 Å². The third-order valence-electron chi connectivity index (χ3n) is 3.16. The normalized spacial score (nSPS) is 10.8. The molecule has 20 heavy (non-hydrogen) atoms. The minimum absolute atomic E-state index is 0.270. The van der Waals surface area contributed by atoms with E-state index in [4.69, 9.17) is 5.73 Å². The lowest BCUT2D eigenvalue weighted by Crippen LogP contribution is -2.17. The molecule has 0 saturated carbocycles. The number of nitrogens with one attached hydrogen (secondary N) is 1. The van der Waals surface area contributed by atoms with E-state index in [1.807, 2.05) is 20.8 Å². The van der Waals surface area contributed by atoms with Crippen LogP contribution in [0, 0.1) is 6.92 Å². The highest BCUT2D eigenvalue weighted by Gasteiger charge is 2.20. The number of nitrogens with zero attached hydrogens (tertiary/aromatic N) is 3. The number of amides is 1. The van der Waals surface area contributed by atoms with Crippen LogP contribution in [-0.2, 0) is 19.9 Å². The van der Waals surface area contributed by atoms with Crippen molar-refractivity contribution in [2.75, 3.05) is 11.1 Å². The van der Waals surface area contributed by atoms with E-state index in [0.29, 0.717) is 22.9 Å². The van der Waals surface area contributed by atoms with Crippen LogP contribution in [0.3, 0.4) is 0 Å². The zero-order valence-corrected chi connectivity index (χ0v) is 13.0. The van der Waals surface area contributed by atoms with Crippen molar-refractivity contribution in [3.63, 3.8) is 0 Å². The van der Waals surface area contributed by atoms with Crippen LogP contribution in [0.4, 0.5) is 10.8 Å². The summed E-state index contributed by atoms with van der Waals surface area (Å²) in [6.45, 7) is 6.00. The number of hydrogen-bond donors (Lipinski definition) is 2. The Balaban J connectivity index is 2.26. The number of carbonyl (C=O) groups excluding carboxylic acids is 1. The number of aryl methyl sites for hydroxylation is 4. The van der Waals surface area contributed by atoms with Gasteiger partial charge >= 0.3 is 0 Å². The molecule has 108 valence electrons. The van der Waals surface area contributed by atoms with Crippen LogP contribution in [0.1, 0.15) is 40.6 Å². The summed E-state index contributed by atoms with van der Waals surface area (Å²) >= 11 is 1.47. The predicted molar refractivity (Wildman–Crippen MR) is 81.2 cm³/mol. The van der Waals surface area contributed by atoms with Gasteiger partial charge in [0, 0.05) is 11.9 Å². The van der Waals surface area contributed by atoms with E-state index >= 15 is 0 Å². The van der Waals surface area contributed by atoms with Crippen LogP contribution in [0.15, 0.2) is 0 Å². The maximum absolute atomic E-state index is 12.3. The van der Waals surface area contributed by atoms with Crippen LogP contribution >= 0.6 is 11.3 Å². The summed E-state index contributed by atoms with van der Waals surface area (Å²) in [5, 5.41) is 7.64. The van der Waals surface area contributed by atoms with Gasteiger partial charge < -0.3 is 5.73 Å². The minimum Gasteiger partial charge on any atom is -0.395 e. The number of anilines is 2. The highest BCUT2D eigenvalue weighted by molar-refractivity contribution is 7.15. The second kappa shape index (κ2) is 5.62. The van der Waals surface area contributed by atoms with Crippen molar-refractivity contribution >= 4 is 28.1 Å². The van der Waals surface area contributed by atoms with Gasteiger partial charge in [0.05, 0.1) is 17.1 Å². The Hall–Kier alpha value is -1.89. The van der Waals surface area contributed by atoms with Crippen molar-refractivity contribution < 1.29 is 4.79 Å². The Morgan fingerprint density at radius 2 is 2.00 bits per heavy atom. The van der Waals surface area contributed by atoms with Crippen molar-refractivity contribution in [3.8, 4) is 0 Å². The molecule has 2 rings (SSSR count). The molecule has 0 spiro atoms. The van der Waals surface area contributed by atoms with Gasteiger partial charge in [-0.25, -0.2) is 4.98 Å². The molecule has 2 aromatic heterocycles. The highest BCUT2D eigenvalue weighted by atomic mass is 32.1. The second-order valence-electron chi connectivity index (χ2n) is 4.52. The summed E-state index contributed by atoms with van der Waals surface area (Å²) in [4.78, 5) is 17.8. The lowest BCUT2D eigenvalue weighted by molar-refractivity contribution is 0.101. The average Bonchev–Trinajstić information content (AvgIpc) is 2.89. The van der Waals surface area contributed by atoms with Crippen LogP contribution in [0.2, 0.25) is 0 Å². The van der Waals surface area contributed by atoms with E-state index in [2.05, 4.69) is 15.4 Å². The number of hydrogen-bond acceptors (Lipinski definition) is 5. The van der Waals surface area contributed by atoms with E-state index in [1.165, 1.54) is 16.0 Å². The van der Waals surface area contributed by atoms with Gasteiger partial charge in [0.2, 0.25) is 0 Å². The Labute approximate surface area is 122 Å². The van der Waals surface area contributed by atoms with Crippen LogP contribution in [-0.4, -0.2) is 20.7 Å². The quantitative estimate of drug-likeness (QED) is 0.904. The molecule has 7 heteroatoms. The molecule has 0 unspecified atom stereocenters. The monoisotopic (exact) mass is 293 g/mol. The third kappa shape index (κ3) is 2.53. The van der Waals surface area contributed by atoms with Gasteiger partial charge in [0.1, 0.15) is 5.69 Å². The molecule has 2 aromatic rings. The molecule has 3 N–H and O–H groups in total. The molecule has 0 atom stereocenters. The first-order valence-corrected chi connectivity index (χ1v) is 7.38. The van der Waals surface area contributed by atoms with Gasteiger partial charge in [-0.1, -0.05) is 13.8 Å². The number of nitrogens with two attached hydrogens (primary N) is 1. The molecule has 0 aliphatic heterocycles. The Kier molecular flexibility index (Phi) is 4.08.